The quantitative estimate of drug-likeness (QED) is 0.716. The third kappa shape index (κ3) is 5.10. The minimum atomic E-state index is 0.606. The highest BCUT2D eigenvalue weighted by Gasteiger charge is 2.07. The van der Waals surface area contributed by atoms with E-state index in [0.717, 1.165) is 23.2 Å². The van der Waals surface area contributed by atoms with Crippen molar-refractivity contribution in [3.05, 3.63) is 28.2 Å². The second-order valence-corrected chi connectivity index (χ2v) is 5.43. The first-order valence-electron chi connectivity index (χ1n) is 6.53. The summed E-state index contributed by atoms with van der Waals surface area (Å²) in [6, 6.07) is 7.63. The minimum absolute atomic E-state index is 0.606. The molecular weight excluding hydrogens is 290 g/mol. The number of benzene rings is 1. The molecule has 98 valence electrons. The van der Waals surface area contributed by atoms with E-state index in [1.807, 2.05) is 6.07 Å². The van der Waals surface area contributed by atoms with Crippen molar-refractivity contribution in [1.82, 2.24) is 0 Å². The maximum Gasteiger partial charge on any atom is 0.121 e. The van der Waals surface area contributed by atoms with Crippen LogP contribution in [0.5, 0.6) is 5.75 Å². The summed E-state index contributed by atoms with van der Waals surface area (Å²) in [6.45, 7) is 5.14. The lowest BCUT2D eigenvalue weighted by molar-refractivity contribution is 0.233. The Kier molecular flexibility index (Phi) is 6.82. The molecular formula is C15H20BrNO. The molecule has 0 aromatic heterocycles. The predicted octanol–water partition coefficient (Wildman–Crippen LogP) is 4.92. The van der Waals surface area contributed by atoms with E-state index in [2.05, 4.69) is 35.8 Å². The summed E-state index contributed by atoms with van der Waals surface area (Å²) < 4.78 is 6.69. The third-order valence-electron chi connectivity index (χ3n) is 3.03. The summed E-state index contributed by atoms with van der Waals surface area (Å²) in [7, 11) is 0. The van der Waals surface area contributed by atoms with Gasteiger partial charge >= 0.3 is 0 Å². The van der Waals surface area contributed by atoms with Crippen molar-refractivity contribution in [3.8, 4) is 11.8 Å². The topological polar surface area (TPSA) is 33.0 Å². The summed E-state index contributed by atoms with van der Waals surface area (Å²) in [4.78, 5) is 0. The Morgan fingerprint density at radius 3 is 2.72 bits per heavy atom. The molecule has 0 radical (unpaired) electrons. The molecule has 1 rings (SSSR count). The molecule has 0 aliphatic rings. The van der Waals surface area contributed by atoms with Gasteiger partial charge in [0, 0.05) is 4.47 Å². The average molecular weight is 310 g/mol. The van der Waals surface area contributed by atoms with Crippen molar-refractivity contribution >= 4 is 15.9 Å². The highest BCUT2D eigenvalue weighted by Crippen LogP contribution is 2.22. The van der Waals surface area contributed by atoms with Crippen molar-refractivity contribution in [2.24, 2.45) is 5.92 Å². The van der Waals surface area contributed by atoms with Crippen molar-refractivity contribution < 1.29 is 4.74 Å². The second kappa shape index (κ2) is 8.16. The Bertz CT molecular complexity index is 411. The molecule has 1 unspecified atom stereocenters. The summed E-state index contributed by atoms with van der Waals surface area (Å²) >= 11 is 3.39. The number of unbranched alkanes of at least 4 members (excludes halogenated alkanes) is 1. The lowest BCUT2D eigenvalue weighted by Crippen LogP contribution is -2.11. The van der Waals surface area contributed by atoms with Gasteiger partial charge in [-0.15, -0.1) is 0 Å². The zero-order valence-electron chi connectivity index (χ0n) is 11.1. The minimum Gasteiger partial charge on any atom is -0.493 e. The lowest BCUT2D eigenvalue weighted by atomic mass is 10.0. The molecule has 18 heavy (non-hydrogen) atoms. The SMILES string of the molecule is CCCCC(CC)COc1cc(Br)cc(C#N)c1. The zero-order chi connectivity index (χ0) is 13.4. The Morgan fingerprint density at radius 2 is 2.11 bits per heavy atom. The van der Waals surface area contributed by atoms with E-state index in [1.165, 1.54) is 19.3 Å². The molecule has 0 aliphatic heterocycles. The highest BCUT2D eigenvalue weighted by molar-refractivity contribution is 9.10. The van der Waals surface area contributed by atoms with Crippen LogP contribution in [0.15, 0.2) is 22.7 Å². The molecule has 1 aromatic carbocycles. The number of halogens is 1. The molecule has 0 fully saturated rings. The predicted molar refractivity (Wildman–Crippen MR) is 77.7 cm³/mol. The van der Waals surface area contributed by atoms with Crippen LogP contribution < -0.4 is 4.74 Å². The van der Waals surface area contributed by atoms with Crippen LogP contribution in [0.4, 0.5) is 0 Å². The molecule has 0 amide bonds. The van der Waals surface area contributed by atoms with Gasteiger partial charge in [-0.1, -0.05) is 49.0 Å². The van der Waals surface area contributed by atoms with E-state index in [0.29, 0.717) is 11.5 Å². The Hall–Kier alpha value is -1.01. The van der Waals surface area contributed by atoms with Crippen molar-refractivity contribution in [2.75, 3.05) is 6.61 Å². The number of ether oxygens (including phenoxy) is 1. The average Bonchev–Trinajstić information content (AvgIpc) is 2.38. The van der Waals surface area contributed by atoms with E-state index in [-0.39, 0.29) is 0 Å². The number of hydrogen-bond donors (Lipinski definition) is 0. The van der Waals surface area contributed by atoms with Gasteiger partial charge in [-0.25, -0.2) is 0 Å². The molecule has 0 saturated carbocycles. The molecule has 0 aliphatic carbocycles. The standard InChI is InChI=1S/C15H20BrNO/c1-3-5-6-12(4-2)11-18-15-8-13(10-17)7-14(16)9-15/h7-9,12H,3-6,11H2,1-2H3. The number of nitrogens with zero attached hydrogens (tertiary/aromatic N) is 1. The van der Waals surface area contributed by atoms with Gasteiger partial charge < -0.3 is 4.74 Å². The van der Waals surface area contributed by atoms with E-state index >= 15 is 0 Å². The van der Waals surface area contributed by atoms with Gasteiger partial charge in [-0.2, -0.15) is 5.26 Å². The zero-order valence-corrected chi connectivity index (χ0v) is 12.7. The van der Waals surface area contributed by atoms with Crippen LogP contribution in [0.2, 0.25) is 0 Å². The molecule has 0 N–H and O–H groups in total. The van der Waals surface area contributed by atoms with Crippen LogP contribution >= 0.6 is 15.9 Å². The number of hydrogen-bond acceptors (Lipinski definition) is 2. The van der Waals surface area contributed by atoms with Crippen LogP contribution in [0.3, 0.4) is 0 Å². The van der Waals surface area contributed by atoms with Crippen LogP contribution in [0.1, 0.15) is 45.1 Å². The first-order chi connectivity index (χ1) is 8.69. The fourth-order valence-corrected chi connectivity index (χ4v) is 2.30. The van der Waals surface area contributed by atoms with Gasteiger partial charge in [0.1, 0.15) is 5.75 Å². The van der Waals surface area contributed by atoms with Crippen LogP contribution in [0.25, 0.3) is 0 Å². The third-order valence-corrected chi connectivity index (χ3v) is 3.49. The maximum atomic E-state index is 8.90. The first kappa shape index (κ1) is 15.0. The number of rotatable bonds is 7. The van der Waals surface area contributed by atoms with E-state index in [1.54, 1.807) is 12.1 Å². The van der Waals surface area contributed by atoms with Gasteiger partial charge in [-0.3, -0.25) is 0 Å². The normalized spacial score (nSPS) is 11.9. The first-order valence-corrected chi connectivity index (χ1v) is 7.32. The largest absolute Gasteiger partial charge is 0.493 e. The Balaban J connectivity index is 2.56. The second-order valence-electron chi connectivity index (χ2n) is 4.51. The van der Waals surface area contributed by atoms with Crippen LogP contribution in [0, 0.1) is 17.2 Å². The van der Waals surface area contributed by atoms with Gasteiger partial charge in [0.2, 0.25) is 0 Å². The van der Waals surface area contributed by atoms with Crippen molar-refractivity contribution in [2.45, 2.75) is 39.5 Å². The number of nitriles is 1. The molecule has 0 heterocycles. The summed E-state index contributed by atoms with van der Waals surface area (Å²) in [6.07, 6.45) is 4.83. The molecule has 0 spiro atoms. The lowest BCUT2D eigenvalue weighted by Gasteiger charge is -2.15. The summed E-state index contributed by atoms with van der Waals surface area (Å²) in [5, 5.41) is 8.90. The maximum absolute atomic E-state index is 8.90. The fraction of sp³-hybridized carbons (Fsp3) is 0.533. The Morgan fingerprint density at radius 1 is 1.33 bits per heavy atom. The monoisotopic (exact) mass is 309 g/mol. The fourth-order valence-electron chi connectivity index (χ4n) is 1.82. The molecule has 3 heteroatoms. The van der Waals surface area contributed by atoms with E-state index in [4.69, 9.17) is 10.00 Å². The summed E-state index contributed by atoms with van der Waals surface area (Å²) in [5.74, 6) is 1.38. The van der Waals surface area contributed by atoms with Gasteiger partial charge in [0.25, 0.3) is 0 Å². The van der Waals surface area contributed by atoms with E-state index in [9.17, 15) is 0 Å². The van der Waals surface area contributed by atoms with Crippen LogP contribution in [-0.4, -0.2) is 6.61 Å². The smallest absolute Gasteiger partial charge is 0.121 e. The summed E-state index contributed by atoms with van der Waals surface area (Å²) in [5.41, 5.74) is 0.626. The molecule has 2 nitrogen and oxygen atoms in total. The highest BCUT2D eigenvalue weighted by atomic mass is 79.9. The molecule has 0 saturated heterocycles. The molecule has 0 bridgehead atoms. The van der Waals surface area contributed by atoms with E-state index < -0.39 is 0 Å². The van der Waals surface area contributed by atoms with Crippen molar-refractivity contribution in [3.63, 3.8) is 0 Å². The molecule has 1 atom stereocenters. The molecule has 1 aromatic rings. The van der Waals surface area contributed by atoms with Gasteiger partial charge in [-0.05, 0) is 30.5 Å². The Labute approximate surface area is 118 Å². The van der Waals surface area contributed by atoms with Gasteiger partial charge in [0.05, 0.1) is 18.2 Å². The van der Waals surface area contributed by atoms with Crippen LogP contribution in [-0.2, 0) is 0 Å². The van der Waals surface area contributed by atoms with Gasteiger partial charge in [0.15, 0.2) is 0 Å². The van der Waals surface area contributed by atoms with Crippen molar-refractivity contribution in [1.29, 1.82) is 5.26 Å².